The molecule has 4 aromatic rings. The Morgan fingerprint density at radius 1 is 1.14 bits per heavy atom. The standard InChI is InChI=1S/C28H27N3O4/c1-19-25(30-27(35-19)22-5-3-2-4-6-22)12-16-34-23-8-7-21-11-15-31(18-20-9-13-29-14-10-20)26(28(32)33)24(21)17-23/h2-10,13-14,17,26H,11-12,15-16,18H2,1H3,(H,32,33). The molecule has 0 saturated heterocycles. The maximum Gasteiger partial charge on any atom is 0.325 e. The smallest absolute Gasteiger partial charge is 0.325 e. The summed E-state index contributed by atoms with van der Waals surface area (Å²) >= 11 is 0. The van der Waals surface area contributed by atoms with E-state index in [0.717, 1.165) is 40.1 Å². The number of aliphatic carboxylic acids is 1. The Bertz CT molecular complexity index is 1300. The summed E-state index contributed by atoms with van der Waals surface area (Å²) in [6.07, 6.45) is 4.85. The number of hydrogen-bond donors (Lipinski definition) is 1. The highest BCUT2D eigenvalue weighted by Crippen LogP contribution is 2.34. The minimum atomic E-state index is -0.858. The van der Waals surface area contributed by atoms with Crippen molar-refractivity contribution in [2.24, 2.45) is 0 Å². The average Bonchev–Trinajstić information content (AvgIpc) is 3.25. The van der Waals surface area contributed by atoms with Gasteiger partial charge < -0.3 is 14.3 Å². The van der Waals surface area contributed by atoms with Gasteiger partial charge in [-0.25, -0.2) is 4.98 Å². The first kappa shape index (κ1) is 22.8. The van der Waals surface area contributed by atoms with Crippen LogP contribution in [0.5, 0.6) is 5.75 Å². The summed E-state index contributed by atoms with van der Waals surface area (Å²) in [6.45, 7) is 3.56. The zero-order chi connectivity index (χ0) is 24.2. The van der Waals surface area contributed by atoms with Crippen molar-refractivity contribution >= 4 is 5.97 Å². The fourth-order valence-corrected chi connectivity index (χ4v) is 4.55. The Morgan fingerprint density at radius 3 is 2.71 bits per heavy atom. The Balaban J connectivity index is 1.28. The molecule has 0 saturated carbocycles. The predicted molar refractivity (Wildman–Crippen MR) is 131 cm³/mol. The number of fused-ring (bicyclic) bond motifs is 1. The van der Waals surface area contributed by atoms with Gasteiger partial charge in [0.15, 0.2) is 0 Å². The molecule has 0 radical (unpaired) electrons. The van der Waals surface area contributed by atoms with Gasteiger partial charge in [-0.15, -0.1) is 0 Å². The molecule has 5 rings (SSSR count). The number of pyridine rings is 1. The molecule has 178 valence electrons. The first-order valence-corrected chi connectivity index (χ1v) is 11.7. The molecule has 1 N–H and O–H groups in total. The maximum atomic E-state index is 12.3. The molecule has 0 spiro atoms. The van der Waals surface area contributed by atoms with Gasteiger partial charge in [0.05, 0.1) is 12.3 Å². The third-order valence-electron chi connectivity index (χ3n) is 6.34. The van der Waals surface area contributed by atoms with Gasteiger partial charge in [0.2, 0.25) is 5.89 Å². The second kappa shape index (κ2) is 10.1. The molecule has 0 amide bonds. The molecule has 0 bridgehead atoms. The lowest BCUT2D eigenvalue weighted by Gasteiger charge is -2.35. The molecule has 7 nitrogen and oxygen atoms in total. The van der Waals surface area contributed by atoms with Crippen molar-refractivity contribution in [1.82, 2.24) is 14.9 Å². The molecule has 3 heterocycles. The number of hydrogen-bond acceptors (Lipinski definition) is 6. The summed E-state index contributed by atoms with van der Waals surface area (Å²) < 4.78 is 11.9. The number of carbonyl (C=O) groups is 1. The van der Waals surface area contributed by atoms with E-state index in [9.17, 15) is 9.90 Å². The van der Waals surface area contributed by atoms with Crippen LogP contribution < -0.4 is 4.74 Å². The second-order valence-electron chi connectivity index (χ2n) is 8.66. The van der Waals surface area contributed by atoms with Crippen molar-refractivity contribution in [3.8, 4) is 17.2 Å². The maximum absolute atomic E-state index is 12.3. The summed E-state index contributed by atoms with van der Waals surface area (Å²) in [6, 6.07) is 18.7. The van der Waals surface area contributed by atoms with Crippen molar-refractivity contribution in [2.45, 2.75) is 32.4 Å². The van der Waals surface area contributed by atoms with Crippen LogP contribution in [0, 0.1) is 6.92 Å². The van der Waals surface area contributed by atoms with Gasteiger partial charge in [-0.05, 0) is 66.4 Å². The lowest BCUT2D eigenvalue weighted by atomic mass is 9.92. The van der Waals surface area contributed by atoms with E-state index >= 15 is 0 Å². The van der Waals surface area contributed by atoms with Crippen LogP contribution in [-0.4, -0.2) is 39.1 Å². The zero-order valence-electron chi connectivity index (χ0n) is 19.6. The fourth-order valence-electron chi connectivity index (χ4n) is 4.55. The van der Waals surface area contributed by atoms with Crippen LogP contribution >= 0.6 is 0 Å². The second-order valence-corrected chi connectivity index (χ2v) is 8.66. The van der Waals surface area contributed by atoms with Gasteiger partial charge in [-0.3, -0.25) is 14.7 Å². The van der Waals surface area contributed by atoms with Crippen LogP contribution in [0.1, 0.15) is 34.2 Å². The quantitative estimate of drug-likeness (QED) is 0.395. The third kappa shape index (κ3) is 5.10. The highest BCUT2D eigenvalue weighted by molar-refractivity contribution is 5.77. The number of aryl methyl sites for hydroxylation is 1. The van der Waals surface area contributed by atoms with Crippen LogP contribution in [0.2, 0.25) is 0 Å². The van der Waals surface area contributed by atoms with Crippen molar-refractivity contribution < 1.29 is 19.1 Å². The number of ether oxygens (including phenoxy) is 1. The first-order chi connectivity index (χ1) is 17.1. The van der Waals surface area contributed by atoms with E-state index in [4.69, 9.17) is 9.15 Å². The Hall–Kier alpha value is -3.97. The fraction of sp³-hybridized carbons (Fsp3) is 0.250. The molecule has 1 aliphatic rings. The van der Waals surface area contributed by atoms with Gasteiger partial charge in [0, 0.05) is 37.5 Å². The molecule has 7 heteroatoms. The molecule has 1 unspecified atom stereocenters. The van der Waals surface area contributed by atoms with E-state index in [0.29, 0.717) is 37.8 Å². The number of rotatable bonds is 8. The molecule has 2 aromatic carbocycles. The molecular formula is C28H27N3O4. The minimum absolute atomic E-state index is 0.416. The Labute approximate surface area is 204 Å². The van der Waals surface area contributed by atoms with Crippen LogP contribution in [-0.2, 0) is 24.2 Å². The SMILES string of the molecule is Cc1oc(-c2ccccc2)nc1CCOc1ccc2c(c1)C(C(=O)O)N(Cc1ccncc1)CC2. The predicted octanol–water partition coefficient (Wildman–Crippen LogP) is 4.85. The van der Waals surface area contributed by atoms with E-state index in [2.05, 4.69) is 9.97 Å². The lowest BCUT2D eigenvalue weighted by molar-refractivity contribution is -0.144. The molecule has 0 aliphatic carbocycles. The molecule has 0 fully saturated rings. The Kier molecular flexibility index (Phi) is 6.59. The third-order valence-corrected chi connectivity index (χ3v) is 6.34. The van der Waals surface area contributed by atoms with Gasteiger partial charge in [-0.1, -0.05) is 24.3 Å². The summed E-state index contributed by atoms with van der Waals surface area (Å²) in [4.78, 5) is 22.9. The number of benzene rings is 2. The van der Waals surface area contributed by atoms with Crippen molar-refractivity contribution in [3.05, 3.63) is 101 Å². The monoisotopic (exact) mass is 469 g/mol. The topological polar surface area (TPSA) is 88.7 Å². The first-order valence-electron chi connectivity index (χ1n) is 11.7. The number of carboxylic acid groups (broad SMARTS) is 1. The molecule has 35 heavy (non-hydrogen) atoms. The summed E-state index contributed by atoms with van der Waals surface area (Å²) in [5.74, 6) is 1.18. The summed E-state index contributed by atoms with van der Waals surface area (Å²) in [5.41, 5.74) is 4.68. The van der Waals surface area contributed by atoms with E-state index in [1.807, 2.05) is 72.5 Å². The van der Waals surface area contributed by atoms with Gasteiger partial charge in [0.25, 0.3) is 0 Å². The zero-order valence-corrected chi connectivity index (χ0v) is 19.6. The van der Waals surface area contributed by atoms with Crippen molar-refractivity contribution in [2.75, 3.05) is 13.2 Å². The number of nitrogens with zero attached hydrogens (tertiary/aromatic N) is 3. The average molecular weight is 470 g/mol. The lowest BCUT2D eigenvalue weighted by Crippen LogP contribution is -2.39. The Morgan fingerprint density at radius 2 is 1.94 bits per heavy atom. The number of aromatic nitrogens is 2. The van der Waals surface area contributed by atoms with Crippen LogP contribution in [0.25, 0.3) is 11.5 Å². The molecule has 2 aromatic heterocycles. The van der Waals surface area contributed by atoms with Crippen LogP contribution in [0.3, 0.4) is 0 Å². The van der Waals surface area contributed by atoms with Gasteiger partial charge >= 0.3 is 5.97 Å². The van der Waals surface area contributed by atoms with E-state index in [1.54, 1.807) is 12.4 Å². The molecule has 1 atom stereocenters. The van der Waals surface area contributed by atoms with Crippen LogP contribution in [0.4, 0.5) is 0 Å². The largest absolute Gasteiger partial charge is 0.493 e. The van der Waals surface area contributed by atoms with Crippen molar-refractivity contribution in [1.29, 1.82) is 0 Å². The van der Waals surface area contributed by atoms with Gasteiger partial charge in [0.1, 0.15) is 17.6 Å². The summed E-state index contributed by atoms with van der Waals surface area (Å²) in [5, 5.41) is 10.1. The van der Waals surface area contributed by atoms with E-state index in [-0.39, 0.29) is 0 Å². The van der Waals surface area contributed by atoms with E-state index in [1.165, 1.54) is 0 Å². The normalized spacial score (nSPS) is 15.5. The highest BCUT2D eigenvalue weighted by Gasteiger charge is 2.33. The van der Waals surface area contributed by atoms with E-state index < -0.39 is 12.0 Å². The molecule has 1 aliphatic heterocycles. The van der Waals surface area contributed by atoms with Crippen molar-refractivity contribution in [3.63, 3.8) is 0 Å². The minimum Gasteiger partial charge on any atom is -0.493 e. The number of oxazole rings is 1. The van der Waals surface area contributed by atoms with Gasteiger partial charge in [-0.2, -0.15) is 0 Å². The summed E-state index contributed by atoms with van der Waals surface area (Å²) in [7, 11) is 0. The molecular weight excluding hydrogens is 442 g/mol. The number of carboxylic acids is 1. The van der Waals surface area contributed by atoms with Crippen LogP contribution in [0.15, 0.2) is 77.5 Å². The highest BCUT2D eigenvalue weighted by atomic mass is 16.5.